The van der Waals surface area contributed by atoms with Crippen LogP contribution in [0.1, 0.15) is 41.7 Å². The van der Waals surface area contributed by atoms with Crippen LogP contribution in [0.3, 0.4) is 0 Å². The predicted octanol–water partition coefficient (Wildman–Crippen LogP) is 3.20. The maximum Gasteiger partial charge on any atom is 0.253 e. The highest BCUT2D eigenvalue weighted by Crippen LogP contribution is 2.26. The average molecular weight is 438 g/mol. The number of carbonyl (C=O) groups excluding carboxylic acids is 2. The maximum absolute atomic E-state index is 12.9. The van der Waals surface area contributed by atoms with Crippen LogP contribution < -0.4 is 10.6 Å². The molecule has 2 aliphatic heterocycles. The number of nitrogens with one attached hydrogen (secondary N) is 2. The number of anilines is 1. The van der Waals surface area contributed by atoms with Crippen molar-refractivity contribution >= 4 is 17.5 Å². The molecule has 0 aromatic heterocycles. The van der Waals surface area contributed by atoms with E-state index in [1.807, 2.05) is 43.3 Å². The summed E-state index contributed by atoms with van der Waals surface area (Å²) in [5.41, 5.74) is 2.01. The van der Waals surface area contributed by atoms with E-state index in [1.165, 1.54) is 0 Å². The largest absolute Gasteiger partial charge is 0.350 e. The molecule has 4 rings (SSSR count). The minimum absolute atomic E-state index is 0.0883. The van der Waals surface area contributed by atoms with E-state index in [0.717, 1.165) is 31.5 Å². The SMILES string of the molecule is CC(NC(=O)c1ccccc1NC(=O)CN1CCC(C2OCCO2)CC1)c1ccccc1. The predicted molar refractivity (Wildman–Crippen MR) is 122 cm³/mol. The quantitative estimate of drug-likeness (QED) is 0.695. The van der Waals surface area contributed by atoms with E-state index in [9.17, 15) is 9.59 Å². The molecule has 1 unspecified atom stereocenters. The molecule has 0 saturated carbocycles. The van der Waals surface area contributed by atoms with Crippen molar-refractivity contribution in [3.8, 4) is 0 Å². The Bertz CT molecular complexity index is 906. The molecule has 7 heteroatoms. The third-order valence-corrected chi connectivity index (χ3v) is 6.12. The topological polar surface area (TPSA) is 79.9 Å². The molecule has 0 bridgehead atoms. The van der Waals surface area contributed by atoms with Crippen LogP contribution in [0.25, 0.3) is 0 Å². The van der Waals surface area contributed by atoms with Gasteiger partial charge in [0.15, 0.2) is 6.29 Å². The second kappa shape index (κ2) is 10.7. The number of hydrogen-bond donors (Lipinski definition) is 2. The van der Waals surface area contributed by atoms with Crippen molar-refractivity contribution in [2.24, 2.45) is 5.92 Å². The van der Waals surface area contributed by atoms with Gasteiger partial charge < -0.3 is 20.1 Å². The summed E-state index contributed by atoms with van der Waals surface area (Å²) < 4.78 is 11.2. The van der Waals surface area contributed by atoms with Crippen molar-refractivity contribution in [3.63, 3.8) is 0 Å². The third kappa shape index (κ3) is 5.73. The first-order valence-corrected chi connectivity index (χ1v) is 11.3. The summed E-state index contributed by atoms with van der Waals surface area (Å²) >= 11 is 0. The minimum Gasteiger partial charge on any atom is -0.350 e. The minimum atomic E-state index is -0.213. The summed E-state index contributed by atoms with van der Waals surface area (Å²) in [6.07, 6.45) is 1.82. The molecule has 2 N–H and O–H groups in total. The van der Waals surface area contributed by atoms with Gasteiger partial charge in [0.1, 0.15) is 0 Å². The zero-order valence-corrected chi connectivity index (χ0v) is 18.5. The monoisotopic (exact) mass is 437 g/mol. The lowest BCUT2D eigenvalue weighted by Gasteiger charge is -2.33. The highest BCUT2D eigenvalue weighted by atomic mass is 16.7. The molecule has 0 spiro atoms. The maximum atomic E-state index is 12.9. The van der Waals surface area contributed by atoms with Crippen molar-refractivity contribution in [1.82, 2.24) is 10.2 Å². The summed E-state index contributed by atoms with van der Waals surface area (Å²) in [6, 6.07) is 16.8. The normalized spacial score (nSPS) is 18.9. The van der Waals surface area contributed by atoms with E-state index in [-0.39, 0.29) is 24.1 Å². The summed E-state index contributed by atoms with van der Waals surface area (Å²) in [4.78, 5) is 27.7. The molecule has 2 amide bonds. The molecule has 0 aliphatic carbocycles. The fraction of sp³-hybridized carbons (Fsp3) is 0.440. The highest BCUT2D eigenvalue weighted by molar-refractivity contribution is 6.04. The lowest BCUT2D eigenvalue weighted by atomic mass is 9.96. The smallest absolute Gasteiger partial charge is 0.253 e. The van der Waals surface area contributed by atoms with E-state index < -0.39 is 0 Å². The van der Waals surface area contributed by atoms with Gasteiger partial charge in [-0.3, -0.25) is 14.5 Å². The number of para-hydroxylation sites is 1. The lowest BCUT2D eigenvalue weighted by molar-refractivity contribution is -0.119. The van der Waals surface area contributed by atoms with E-state index >= 15 is 0 Å². The Morgan fingerprint density at radius 3 is 2.38 bits per heavy atom. The van der Waals surface area contributed by atoms with Gasteiger partial charge in [0.25, 0.3) is 5.91 Å². The molecule has 2 fully saturated rings. The van der Waals surface area contributed by atoms with Gasteiger partial charge in [-0.05, 0) is 50.6 Å². The second-order valence-electron chi connectivity index (χ2n) is 8.42. The molecule has 2 aliphatic rings. The summed E-state index contributed by atoms with van der Waals surface area (Å²) in [5.74, 6) is 0.0654. The number of benzene rings is 2. The van der Waals surface area contributed by atoms with Crippen LogP contribution in [0.4, 0.5) is 5.69 Å². The number of carbonyl (C=O) groups is 2. The Morgan fingerprint density at radius 1 is 1.00 bits per heavy atom. The van der Waals surface area contributed by atoms with Gasteiger partial charge in [0, 0.05) is 5.92 Å². The van der Waals surface area contributed by atoms with Crippen LogP contribution in [-0.4, -0.2) is 55.9 Å². The van der Waals surface area contributed by atoms with Gasteiger partial charge in [0.2, 0.25) is 5.91 Å². The first-order valence-electron chi connectivity index (χ1n) is 11.3. The standard InChI is InChI=1S/C25H31N3O4/c1-18(19-7-3-2-4-8-19)26-24(30)21-9-5-6-10-22(21)27-23(29)17-28-13-11-20(12-14-28)25-31-15-16-32-25/h2-10,18,20,25H,11-17H2,1H3,(H,26,30)(H,27,29). The number of amides is 2. The van der Waals surface area contributed by atoms with Crippen LogP contribution in [0.2, 0.25) is 0 Å². The Balaban J connectivity index is 1.30. The van der Waals surface area contributed by atoms with Crippen LogP contribution in [-0.2, 0) is 14.3 Å². The van der Waals surface area contributed by atoms with E-state index in [2.05, 4.69) is 15.5 Å². The van der Waals surface area contributed by atoms with Gasteiger partial charge in [-0.25, -0.2) is 0 Å². The Labute approximate surface area is 189 Å². The molecule has 170 valence electrons. The number of hydrogen-bond acceptors (Lipinski definition) is 5. The number of piperidine rings is 1. The molecule has 2 aromatic rings. The van der Waals surface area contributed by atoms with Gasteiger partial charge in [-0.1, -0.05) is 42.5 Å². The van der Waals surface area contributed by atoms with Gasteiger partial charge in [-0.2, -0.15) is 0 Å². The lowest BCUT2D eigenvalue weighted by Crippen LogP contribution is -2.42. The molecule has 32 heavy (non-hydrogen) atoms. The summed E-state index contributed by atoms with van der Waals surface area (Å²) in [7, 11) is 0. The zero-order chi connectivity index (χ0) is 22.3. The summed E-state index contributed by atoms with van der Waals surface area (Å²) in [5, 5.41) is 5.94. The fourth-order valence-corrected chi connectivity index (χ4v) is 4.31. The van der Waals surface area contributed by atoms with Crippen LogP contribution in [0, 0.1) is 5.92 Å². The number of likely N-dealkylation sites (tertiary alicyclic amines) is 1. The van der Waals surface area contributed by atoms with E-state index in [1.54, 1.807) is 18.2 Å². The third-order valence-electron chi connectivity index (χ3n) is 6.12. The van der Waals surface area contributed by atoms with Gasteiger partial charge in [0.05, 0.1) is 37.1 Å². The molecule has 7 nitrogen and oxygen atoms in total. The van der Waals surface area contributed by atoms with Crippen LogP contribution in [0.15, 0.2) is 54.6 Å². The zero-order valence-electron chi connectivity index (χ0n) is 18.5. The first-order chi connectivity index (χ1) is 15.6. The van der Waals surface area contributed by atoms with E-state index in [0.29, 0.717) is 36.9 Å². The van der Waals surface area contributed by atoms with Crippen molar-refractivity contribution in [3.05, 3.63) is 65.7 Å². The van der Waals surface area contributed by atoms with Crippen molar-refractivity contribution < 1.29 is 19.1 Å². The molecule has 2 aromatic carbocycles. The number of nitrogens with zero attached hydrogens (tertiary/aromatic N) is 1. The molecule has 0 radical (unpaired) electrons. The second-order valence-corrected chi connectivity index (χ2v) is 8.42. The van der Waals surface area contributed by atoms with Gasteiger partial charge >= 0.3 is 0 Å². The molecule has 2 heterocycles. The van der Waals surface area contributed by atoms with E-state index in [4.69, 9.17) is 9.47 Å². The number of ether oxygens (including phenoxy) is 2. The Hall–Kier alpha value is -2.74. The van der Waals surface area contributed by atoms with Crippen molar-refractivity contribution in [2.75, 3.05) is 38.2 Å². The van der Waals surface area contributed by atoms with Gasteiger partial charge in [-0.15, -0.1) is 0 Å². The Kier molecular flexibility index (Phi) is 7.52. The molecule has 2 saturated heterocycles. The fourth-order valence-electron chi connectivity index (χ4n) is 4.31. The van der Waals surface area contributed by atoms with Crippen LogP contribution in [0.5, 0.6) is 0 Å². The molecular weight excluding hydrogens is 406 g/mol. The van der Waals surface area contributed by atoms with Crippen molar-refractivity contribution in [1.29, 1.82) is 0 Å². The van der Waals surface area contributed by atoms with Crippen molar-refractivity contribution in [2.45, 2.75) is 32.1 Å². The Morgan fingerprint density at radius 2 is 1.66 bits per heavy atom. The first kappa shape index (κ1) is 22.5. The number of rotatable bonds is 7. The van der Waals surface area contributed by atoms with Crippen LogP contribution >= 0.6 is 0 Å². The highest BCUT2D eigenvalue weighted by Gasteiger charge is 2.30. The average Bonchev–Trinajstić information content (AvgIpc) is 3.35. The molecular formula is C25H31N3O4. The molecule has 1 atom stereocenters. The summed E-state index contributed by atoms with van der Waals surface area (Å²) in [6.45, 7) is 5.25.